The van der Waals surface area contributed by atoms with Crippen LogP contribution in [0.2, 0.25) is 0 Å². The van der Waals surface area contributed by atoms with Crippen LogP contribution in [0, 0.1) is 23.7 Å². The van der Waals surface area contributed by atoms with Crippen molar-refractivity contribution in [1.82, 2.24) is 0 Å². The van der Waals surface area contributed by atoms with Crippen LogP contribution in [0.15, 0.2) is 0 Å². The molecule has 0 aliphatic rings. The predicted molar refractivity (Wildman–Crippen MR) is 103 cm³/mol. The Labute approximate surface area is 156 Å². The van der Waals surface area contributed by atoms with Crippen LogP contribution in [0.5, 0.6) is 0 Å². The standard InChI is InChI=1S/C19H42NO4P/c1-9-16(2)12-17(3)13-18(4)14-19(5)15-24-25(21,22)23-11-10-20(6,7)8/h16-19H,9-15H2,1-8H3. The summed E-state index contributed by atoms with van der Waals surface area (Å²) < 4.78 is 22.5. The molecular weight excluding hydrogens is 337 g/mol. The first-order valence-corrected chi connectivity index (χ1v) is 11.2. The fraction of sp³-hybridized carbons (Fsp3) is 1.00. The van der Waals surface area contributed by atoms with Crippen molar-refractivity contribution in [2.24, 2.45) is 23.7 Å². The highest BCUT2D eigenvalue weighted by molar-refractivity contribution is 7.45. The van der Waals surface area contributed by atoms with Crippen molar-refractivity contribution in [3.8, 4) is 0 Å². The first-order chi connectivity index (χ1) is 11.3. The molecule has 0 radical (unpaired) electrons. The van der Waals surface area contributed by atoms with Crippen LogP contribution in [-0.2, 0) is 13.6 Å². The Morgan fingerprint density at radius 2 is 1.36 bits per heavy atom. The fourth-order valence-electron chi connectivity index (χ4n) is 3.17. The summed E-state index contributed by atoms with van der Waals surface area (Å²) in [5, 5.41) is 0. The van der Waals surface area contributed by atoms with Crippen molar-refractivity contribution in [2.75, 3.05) is 40.9 Å². The molecule has 6 heteroatoms. The molecule has 5 nitrogen and oxygen atoms in total. The van der Waals surface area contributed by atoms with Gasteiger partial charge in [0.2, 0.25) is 0 Å². The van der Waals surface area contributed by atoms with Crippen LogP contribution in [0.25, 0.3) is 0 Å². The summed E-state index contributed by atoms with van der Waals surface area (Å²) in [4.78, 5) is 11.8. The molecule has 0 saturated heterocycles. The molecule has 0 aliphatic carbocycles. The van der Waals surface area contributed by atoms with Crippen molar-refractivity contribution < 1.29 is 23.0 Å². The van der Waals surface area contributed by atoms with E-state index in [1.807, 2.05) is 28.1 Å². The predicted octanol–water partition coefficient (Wildman–Crippen LogP) is 4.32. The van der Waals surface area contributed by atoms with E-state index in [0.29, 0.717) is 22.9 Å². The normalized spacial score (nSPS) is 19.9. The van der Waals surface area contributed by atoms with E-state index < -0.39 is 7.82 Å². The topological polar surface area (TPSA) is 58.6 Å². The highest BCUT2D eigenvalue weighted by Crippen LogP contribution is 2.39. The van der Waals surface area contributed by atoms with E-state index in [9.17, 15) is 9.46 Å². The second-order valence-electron chi connectivity index (χ2n) is 9.13. The molecule has 0 spiro atoms. The van der Waals surface area contributed by atoms with Crippen LogP contribution in [0.4, 0.5) is 0 Å². The van der Waals surface area contributed by atoms with Gasteiger partial charge in [-0.15, -0.1) is 0 Å². The molecule has 0 saturated carbocycles. The monoisotopic (exact) mass is 379 g/mol. The minimum atomic E-state index is -4.19. The average Bonchev–Trinajstić information content (AvgIpc) is 2.43. The fourth-order valence-corrected chi connectivity index (χ4v) is 3.99. The van der Waals surface area contributed by atoms with Crippen molar-refractivity contribution in [1.29, 1.82) is 0 Å². The van der Waals surface area contributed by atoms with E-state index >= 15 is 0 Å². The Morgan fingerprint density at radius 1 is 0.880 bits per heavy atom. The molecule has 0 rings (SSSR count). The zero-order valence-electron chi connectivity index (χ0n) is 17.8. The number of hydrogen-bond donors (Lipinski definition) is 0. The van der Waals surface area contributed by atoms with Crippen molar-refractivity contribution >= 4 is 7.82 Å². The molecule has 0 aliphatic heterocycles. The summed E-state index contributed by atoms with van der Waals surface area (Å²) in [6, 6.07) is 0. The number of quaternary nitrogens is 1. The van der Waals surface area contributed by atoms with Gasteiger partial charge in [0, 0.05) is 0 Å². The van der Waals surface area contributed by atoms with Crippen molar-refractivity contribution in [3.05, 3.63) is 0 Å². The van der Waals surface area contributed by atoms with Crippen molar-refractivity contribution in [2.45, 2.75) is 60.3 Å². The zero-order chi connectivity index (χ0) is 19.7. The first-order valence-electron chi connectivity index (χ1n) is 9.75. The summed E-state index contributed by atoms with van der Waals surface area (Å²) in [6.07, 6.45) is 4.66. The van der Waals surface area contributed by atoms with Crippen LogP contribution in [-0.4, -0.2) is 45.4 Å². The molecular formula is C19H42NO4P. The van der Waals surface area contributed by atoms with E-state index in [4.69, 9.17) is 9.05 Å². The Balaban J connectivity index is 4.07. The second-order valence-corrected chi connectivity index (χ2v) is 10.5. The van der Waals surface area contributed by atoms with E-state index in [0.717, 1.165) is 12.3 Å². The van der Waals surface area contributed by atoms with Crippen LogP contribution in [0.3, 0.4) is 0 Å². The van der Waals surface area contributed by atoms with Crippen LogP contribution in [0.1, 0.15) is 60.3 Å². The van der Waals surface area contributed by atoms with Crippen molar-refractivity contribution in [3.63, 3.8) is 0 Å². The van der Waals surface area contributed by atoms with Gasteiger partial charge in [0.25, 0.3) is 7.82 Å². The first kappa shape index (κ1) is 25.1. The molecule has 5 atom stereocenters. The van der Waals surface area contributed by atoms with Gasteiger partial charge in [-0.2, -0.15) is 0 Å². The largest absolute Gasteiger partial charge is 0.756 e. The van der Waals surface area contributed by atoms with Gasteiger partial charge in [-0.1, -0.05) is 41.0 Å². The lowest BCUT2D eigenvalue weighted by Crippen LogP contribution is -2.37. The molecule has 152 valence electrons. The van der Waals surface area contributed by atoms with Gasteiger partial charge in [-0.3, -0.25) is 4.57 Å². The quantitative estimate of drug-likeness (QED) is 0.333. The molecule has 0 heterocycles. The maximum Gasteiger partial charge on any atom is 0.268 e. The maximum atomic E-state index is 11.8. The minimum absolute atomic E-state index is 0.155. The molecule has 0 bridgehead atoms. The van der Waals surface area contributed by atoms with Gasteiger partial charge in [-0.05, 0) is 42.9 Å². The molecule has 0 aromatic rings. The second kappa shape index (κ2) is 11.7. The Morgan fingerprint density at radius 3 is 1.84 bits per heavy atom. The minimum Gasteiger partial charge on any atom is -0.756 e. The molecule has 0 amide bonds. The van der Waals surface area contributed by atoms with Gasteiger partial charge < -0.3 is 18.4 Å². The van der Waals surface area contributed by atoms with Gasteiger partial charge >= 0.3 is 0 Å². The Kier molecular flexibility index (Phi) is 11.7. The summed E-state index contributed by atoms with van der Waals surface area (Å²) in [5.41, 5.74) is 0. The molecule has 0 fully saturated rings. The Hall–Kier alpha value is 0.0700. The molecule has 0 aromatic heterocycles. The summed E-state index contributed by atoms with van der Waals surface area (Å²) in [6.45, 7) is 12.1. The number of phosphoric ester groups is 1. The smallest absolute Gasteiger partial charge is 0.268 e. The number of likely N-dealkylation sites (N-methyl/N-ethyl adjacent to an activating group) is 1. The summed E-state index contributed by atoms with van der Waals surface area (Å²) in [5.74, 6) is 2.26. The molecule has 0 aromatic carbocycles. The number of rotatable bonds is 14. The van der Waals surface area contributed by atoms with E-state index in [-0.39, 0.29) is 19.1 Å². The molecule has 5 unspecified atom stereocenters. The molecule has 0 N–H and O–H groups in total. The third-order valence-electron chi connectivity index (χ3n) is 4.64. The van der Waals surface area contributed by atoms with Crippen LogP contribution >= 0.6 is 7.82 Å². The Bertz CT molecular complexity index is 397. The third kappa shape index (κ3) is 14.9. The highest BCUT2D eigenvalue weighted by atomic mass is 31.2. The lowest BCUT2D eigenvalue weighted by Gasteiger charge is -2.28. The average molecular weight is 380 g/mol. The maximum absolute atomic E-state index is 11.8. The number of phosphoric acid groups is 1. The van der Waals surface area contributed by atoms with Crippen LogP contribution < -0.4 is 4.89 Å². The third-order valence-corrected chi connectivity index (χ3v) is 5.60. The SMILES string of the molecule is CCC(C)CC(C)CC(C)CC(C)COP(=O)([O-])OCC[N+](C)(C)C. The van der Waals surface area contributed by atoms with Gasteiger partial charge in [-0.25, -0.2) is 0 Å². The highest BCUT2D eigenvalue weighted by Gasteiger charge is 2.18. The van der Waals surface area contributed by atoms with E-state index in [1.54, 1.807) is 0 Å². The lowest BCUT2D eigenvalue weighted by molar-refractivity contribution is -0.870. The van der Waals surface area contributed by atoms with E-state index in [1.165, 1.54) is 19.3 Å². The molecule has 25 heavy (non-hydrogen) atoms. The number of hydrogen-bond acceptors (Lipinski definition) is 4. The lowest BCUT2D eigenvalue weighted by atomic mass is 9.85. The van der Waals surface area contributed by atoms with Gasteiger partial charge in [0.15, 0.2) is 0 Å². The zero-order valence-corrected chi connectivity index (χ0v) is 18.7. The summed E-state index contributed by atoms with van der Waals surface area (Å²) >= 11 is 0. The summed E-state index contributed by atoms with van der Waals surface area (Å²) in [7, 11) is 1.79. The van der Waals surface area contributed by atoms with E-state index in [2.05, 4.69) is 27.7 Å². The van der Waals surface area contributed by atoms with Gasteiger partial charge in [0.1, 0.15) is 13.2 Å². The number of nitrogens with zero attached hydrogens (tertiary/aromatic N) is 1. The van der Waals surface area contributed by atoms with Gasteiger partial charge in [0.05, 0.1) is 27.7 Å².